The molecule has 5 nitrogen and oxygen atoms in total. The zero-order valence-corrected chi connectivity index (χ0v) is 13.6. The number of carbonyl (C=O) groups is 1. The molecule has 2 unspecified atom stereocenters. The standard InChI is InChI=1S/C19H22N4O/c20-19(24)16-12-23(11-10-21-16)18-15-6-2-1-4-13(15)7-8-14-5-3-9-22-17(14)18/h1-6,9,16,18,21H,7-8,10-12H2,(H2,20,24). The molecule has 0 spiro atoms. The van der Waals surface area contributed by atoms with E-state index in [2.05, 4.69) is 40.5 Å². The lowest BCUT2D eigenvalue weighted by Gasteiger charge is -2.38. The molecule has 124 valence electrons. The van der Waals surface area contributed by atoms with Crippen LogP contribution in [0, 0.1) is 0 Å². The van der Waals surface area contributed by atoms with Gasteiger partial charge in [-0.1, -0.05) is 30.3 Å². The molecule has 1 fully saturated rings. The second kappa shape index (κ2) is 6.34. The molecular weight excluding hydrogens is 300 g/mol. The Bertz CT molecular complexity index is 713. The van der Waals surface area contributed by atoms with Gasteiger partial charge in [-0.05, 0) is 35.6 Å². The van der Waals surface area contributed by atoms with Gasteiger partial charge in [0.15, 0.2) is 0 Å². The van der Waals surface area contributed by atoms with E-state index >= 15 is 0 Å². The van der Waals surface area contributed by atoms with Crippen molar-refractivity contribution < 1.29 is 4.79 Å². The maximum Gasteiger partial charge on any atom is 0.235 e. The molecule has 1 aliphatic carbocycles. The van der Waals surface area contributed by atoms with Crippen LogP contribution < -0.4 is 11.1 Å². The van der Waals surface area contributed by atoms with E-state index in [0.717, 1.165) is 31.6 Å². The van der Waals surface area contributed by atoms with Crippen LogP contribution in [0.1, 0.15) is 28.4 Å². The van der Waals surface area contributed by atoms with E-state index in [0.29, 0.717) is 6.54 Å². The largest absolute Gasteiger partial charge is 0.368 e. The third kappa shape index (κ3) is 2.70. The molecule has 1 aromatic carbocycles. The van der Waals surface area contributed by atoms with Crippen LogP contribution >= 0.6 is 0 Å². The van der Waals surface area contributed by atoms with Gasteiger partial charge in [-0.2, -0.15) is 0 Å². The monoisotopic (exact) mass is 322 g/mol. The molecule has 3 N–H and O–H groups in total. The maximum absolute atomic E-state index is 11.7. The van der Waals surface area contributed by atoms with Crippen LogP contribution in [0.5, 0.6) is 0 Å². The van der Waals surface area contributed by atoms with Crippen molar-refractivity contribution in [2.75, 3.05) is 19.6 Å². The molecule has 1 amide bonds. The van der Waals surface area contributed by atoms with E-state index in [1.807, 2.05) is 12.3 Å². The van der Waals surface area contributed by atoms with Gasteiger partial charge in [0.2, 0.25) is 5.91 Å². The normalized spacial score (nSPS) is 23.8. The lowest BCUT2D eigenvalue weighted by atomic mass is 9.95. The number of nitrogens with zero attached hydrogens (tertiary/aromatic N) is 2. The van der Waals surface area contributed by atoms with Crippen molar-refractivity contribution in [2.24, 2.45) is 5.73 Å². The molecule has 24 heavy (non-hydrogen) atoms. The van der Waals surface area contributed by atoms with E-state index in [9.17, 15) is 4.79 Å². The molecular formula is C19H22N4O. The molecule has 1 aliphatic heterocycles. The van der Waals surface area contributed by atoms with Gasteiger partial charge in [-0.3, -0.25) is 14.7 Å². The van der Waals surface area contributed by atoms with Crippen molar-refractivity contribution >= 4 is 5.91 Å². The average molecular weight is 322 g/mol. The van der Waals surface area contributed by atoms with E-state index in [4.69, 9.17) is 10.7 Å². The number of hydrogen-bond acceptors (Lipinski definition) is 4. The highest BCUT2D eigenvalue weighted by atomic mass is 16.1. The van der Waals surface area contributed by atoms with Gasteiger partial charge in [-0.25, -0.2) is 0 Å². The lowest BCUT2D eigenvalue weighted by Crippen LogP contribution is -2.57. The van der Waals surface area contributed by atoms with Gasteiger partial charge in [0, 0.05) is 25.8 Å². The number of carbonyl (C=O) groups excluding carboxylic acids is 1. The first kappa shape index (κ1) is 15.3. The van der Waals surface area contributed by atoms with E-state index in [-0.39, 0.29) is 18.0 Å². The molecule has 4 rings (SSSR count). The smallest absolute Gasteiger partial charge is 0.235 e. The summed E-state index contributed by atoms with van der Waals surface area (Å²) in [5, 5.41) is 3.21. The van der Waals surface area contributed by atoms with Crippen molar-refractivity contribution in [2.45, 2.75) is 24.9 Å². The first-order valence-electron chi connectivity index (χ1n) is 8.52. The number of benzene rings is 1. The van der Waals surface area contributed by atoms with E-state index < -0.39 is 0 Å². The van der Waals surface area contributed by atoms with Crippen molar-refractivity contribution in [1.29, 1.82) is 0 Å². The number of fused-ring (bicyclic) bond motifs is 2. The van der Waals surface area contributed by atoms with E-state index in [1.54, 1.807) is 0 Å². The van der Waals surface area contributed by atoms with Crippen LogP contribution in [-0.2, 0) is 17.6 Å². The molecule has 1 saturated heterocycles. The zero-order valence-electron chi connectivity index (χ0n) is 13.6. The molecule has 2 aliphatic rings. The molecule has 0 radical (unpaired) electrons. The lowest BCUT2D eigenvalue weighted by molar-refractivity contribution is -0.121. The zero-order chi connectivity index (χ0) is 16.5. The topological polar surface area (TPSA) is 71.2 Å². The third-order valence-electron chi connectivity index (χ3n) is 5.11. The molecule has 2 heterocycles. The number of rotatable bonds is 2. The van der Waals surface area contributed by atoms with Crippen LogP contribution in [0.3, 0.4) is 0 Å². The van der Waals surface area contributed by atoms with Crippen LogP contribution in [0.25, 0.3) is 0 Å². The molecule has 1 aromatic heterocycles. The quantitative estimate of drug-likeness (QED) is 0.866. The molecule has 5 heteroatoms. The summed E-state index contributed by atoms with van der Waals surface area (Å²) in [5.41, 5.74) is 10.6. The van der Waals surface area contributed by atoms with Crippen molar-refractivity contribution in [3.63, 3.8) is 0 Å². The fourth-order valence-electron chi connectivity index (χ4n) is 3.92. The number of aromatic nitrogens is 1. The van der Waals surface area contributed by atoms with Gasteiger partial charge >= 0.3 is 0 Å². The number of amides is 1. The Morgan fingerprint density at radius 3 is 2.83 bits per heavy atom. The highest BCUT2D eigenvalue weighted by Gasteiger charge is 2.34. The van der Waals surface area contributed by atoms with Crippen LogP contribution in [-0.4, -0.2) is 41.5 Å². The van der Waals surface area contributed by atoms with Crippen LogP contribution in [0.4, 0.5) is 0 Å². The molecule has 2 aromatic rings. The number of piperazine rings is 1. The number of aryl methyl sites for hydroxylation is 2. The van der Waals surface area contributed by atoms with Gasteiger partial charge < -0.3 is 11.1 Å². The van der Waals surface area contributed by atoms with Gasteiger partial charge in [0.05, 0.1) is 17.8 Å². The average Bonchev–Trinajstić information content (AvgIpc) is 2.78. The number of nitrogens with one attached hydrogen (secondary N) is 1. The second-order valence-corrected chi connectivity index (χ2v) is 6.55. The van der Waals surface area contributed by atoms with Crippen molar-refractivity contribution in [3.05, 3.63) is 65.0 Å². The van der Waals surface area contributed by atoms with Gasteiger partial charge in [0.25, 0.3) is 0 Å². The summed E-state index contributed by atoms with van der Waals surface area (Å²) in [6, 6.07) is 12.6. The number of pyridine rings is 1. The molecule has 0 bridgehead atoms. The summed E-state index contributed by atoms with van der Waals surface area (Å²) in [4.78, 5) is 18.7. The van der Waals surface area contributed by atoms with Crippen molar-refractivity contribution in [3.8, 4) is 0 Å². The first-order chi connectivity index (χ1) is 11.7. The van der Waals surface area contributed by atoms with Crippen LogP contribution in [0.2, 0.25) is 0 Å². The van der Waals surface area contributed by atoms with Gasteiger partial charge in [0.1, 0.15) is 0 Å². The van der Waals surface area contributed by atoms with E-state index in [1.165, 1.54) is 16.7 Å². The summed E-state index contributed by atoms with van der Waals surface area (Å²) >= 11 is 0. The first-order valence-corrected chi connectivity index (χ1v) is 8.52. The maximum atomic E-state index is 11.7. The summed E-state index contributed by atoms with van der Waals surface area (Å²) in [5.74, 6) is -0.289. The minimum atomic E-state index is -0.304. The minimum absolute atomic E-state index is 0.0869. The fraction of sp³-hybridized carbons (Fsp3) is 0.368. The molecule has 2 atom stereocenters. The Hall–Kier alpha value is -2.24. The Morgan fingerprint density at radius 1 is 1.17 bits per heavy atom. The highest BCUT2D eigenvalue weighted by molar-refractivity contribution is 5.80. The predicted molar refractivity (Wildman–Crippen MR) is 92.5 cm³/mol. The summed E-state index contributed by atoms with van der Waals surface area (Å²) in [6.07, 6.45) is 3.90. The number of primary amides is 1. The summed E-state index contributed by atoms with van der Waals surface area (Å²) in [7, 11) is 0. The molecule has 0 saturated carbocycles. The Kier molecular flexibility index (Phi) is 4.04. The van der Waals surface area contributed by atoms with Crippen molar-refractivity contribution in [1.82, 2.24) is 15.2 Å². The predicted octanol–water partition coefficient (Wildman–Crippen LogP) is 1.03. The minimum Gasteiger partial charge on any atom is -0.368 e. The number of nitrogens with two attached hydrogens (primary N) is 1. The SMILES string of the molecule is NC(=O)C1CN(C2c3ccccc3CCc3cccnc32)CCN1. The third-order valence-corrected chi connectivity index (χ3v) is 5.11. The second-order valence-electron chi connectivity index (χ2n) is 6.55. The van der Waals surface area contributed by atoms with Gasteiger partial charge in [-0.15, -0.1) is 0 Å². The highest BCUT2D eigenvalue weighted by Crippen LogP contribution is 2.35. The number of hydrogen-bond donors (Lipinski definition) is 2. The summed E-state index contributed by atoms with van der Waals surface area (Å²) < 4.78 is 0. The summed E-state index contributed by atoms with van der Waals surface area (Å²) in [6.45, 7) is 2.25. The Balaban J connectivity index is 1.79. The van der Waals surface area contributed by atoms with Crippen LogP contribution in [0.15, 0.2) is 42.6 Å². The fourth-order valence-corrected chi connectivity index (χ4v) is 3.92. The Morgan fingerprint density at radius 2 is 1.96 bits per heavy atom. The Labute approximate surface area is 141 Å².